The SMILES string of the molecule is OCCCCCOC(OCCCCCO)C1CC2C=CC1O2. The number of aliphatic hydroxyl groups excluding tert-OH is 2. The van der Waals surface area contributed by atoms with Crippen LogP contribution in [0.2, 0.25) is 0 Å². The van der Waals surface area contributed by atoms with Crippen LogP contribution < -0.4 is 0 Å². The number of fused-ring (bicyclic) bond motifs is 2. The van der Waals surface area contributed by atoms with E-state index in [1.807, 2.05) is 0 Å². The van der Waals surface area contributed by atoms with E-state index in [0.29, 0.717) is 13.2 Å². The van der Waals surface area contributed by atoms with E-state index in [1.54, 1.807) is 0 Å². The molecule has 2 aliphatic heterocycles. The maximum Gasteiger partial charge on any atom is 0.163 e. The van der Waals surface area contributed by atoms with Gasteiger partial charge in [0, 0.05) is 32.3 Å². The Morgan fingerprint density at radius 2 is 1.55 bits per heavy atom. The molecule has 0 aliphatic carbocycles. The zero-order chi connectivity index (χ0) is 15.6. The van der Waals surface area contributed by atoms with Crippen LogP contribution in [0.25, 0.3) is 0 Å². The number of hydrogen-bond acceptors (Lipinski definition) is 5. The highest BCUT2D eigenvalue weighted by atomic mass is 16.7. The molecule has 0 aromatic rings. The molecule has 0 radical (unpaired) electrons. The van der Waals surface area contributed by atoms with Crippen LogP contribution in [0.15, 0.2) is 12.2 Å². The lowest BCUT2D eigenvalue weighted by Crippen LogP contribution is -2.33. The van der Waals surface area contributed by atoms with Crippen LogP contribution >= 0.6 is 0 Å². The number of ether oxygens (including phenoxy) is 3. The summed E-state index contributed by atoms with van der Waals surface area (Å²) >= 11 is 0. The Labute approximate surface area is 133 Å². The van der Waals surface area contributed by atoms with Gasteiger partial charge in [-0.2, -0.15) is 0 Å². The Hall–Kier alpha value is -0.460. The third-order valence-corrected chi connectivity index (χ3v) is 4.29. The molecule has 0 amide bonds. The van der Waals surface area contributed by atoms with Gasteiger partial charge in [0.1, 0.15) is 0 Å². The minimum Gasteiger partial charge on any atom is -0.396 e. The number of rotatable bonds is 13. The van der Waals surface area contributed by atoms with Crippen molar-refractivity contribution in [2.75, 3.05) is 26.4 Å². The summed E-state index contributed by atoms with van der Waals surface area (Å²) in [4.78, 5) is 0. The van der Waals surface area contributed by atoms with Crippen molar-refractivity contribution < 1.29 is 24.4 Å². The van der Waals surface area contributed by atoms with E-state index in [1.165, 1.54) is 0 Å². The minimum absolute atomic E-state index is 0.130. The van der Waals surface area contributed by atoms with E-state index >= 15 is 0 Å². The molecule has 2 bridgehead atoms. The van der Waals surface area contributed by atoms with Gasteiger partial charge in [-0.3, -0.25) is 0 Å². The second-order valence-electron chi connectivity index (χ2n) is 6.10. The molecule has 1 fully saturated rings. The number of hydrogen-bond donors (Lipinski definition) is 2. The zero-order valence-electron chi connectivity index (χ0n) is 13.4. The standard InChI is InChI=1S/C17H30O5/c18-9-3-1-5-11-20-17(21-12-6-2-4-10-19)15-13-14-7-8-16(15)22-14/h7-8,14-19H,1-6,9-13H2. The van der Waals surface area contributed by atoms with Crippen molar-refractivity contribution in [2.24, 2.45) is 5.92 Å². The molecule has 0 aromatic carbocycles. The molecule has 2 N–H and O–H groups in total. The first-order valence-electron chi connectivity index (χ1n) is 8.64. The summed E-state index contributed by atoms with van der Waals surface area (Å²) in [5.74, 6) is 0.283. The van der Waals surface area contributed by atoms with Crippen molar-refractivity contribution in [3.05, 3.63) is 12.2 Å². The molecule has 0 saturated carbocycles. The molecule has 3 unspecified atom stereocenters. The Balaban J connectivity index is 1.70. The van der Waals surface area contributed by atoms with Gasteiger partial charge in [-0.15, -0.1) is 0 Å². The van der Waals surface area contributed by atoms with Crippen molar-refractivity contribution in [1.82, 2.24) is 0 Å². The molecule has 5 nitrogen and oxygen atoms in total. The summed E-state index contributed by atoms with van der Waals surface area (Å²) in [5.41, 5.74) is 0. The van der Waals surface area contributed by atoms with E-state index < -0.39 is 0 Å². The second-order valence-corrected chi connectivity index (χ2v) is 6.10. The lowest BCUT2D eigenvalue weighted by atomic mass is 9.93. The molecule has 0 aromatic heterocycles. The van der Waals surface area contributed by atoms with Gasteiger partial charge < -0.3 is 24.4 Å². The Kier molecular flexibility index (Phi) is 8.41. The molecular formula is C17H30O5. The average molecular weight is 314 g/mol. The predicted molar refractivity (Wildman–Crippen MR) is 83.5 cm³/mol. The van der Waals surface area contributed by atoms with Gasteiger partial charge in [-0.25, -0.2) is 0 Å². The van der Waals surface area contributed by atoms with Crippen LogP contribution in [0, 0.1) is 5.92 Å². The Bertz CT molecular complexity index is 306. The maximum atomic E-state index is 8.80. The highest BCUT2D eigenvalue weighted by molar-refractivity contribution is 5.11. The van der Waals surface area contributed by atoms with Crippen LogP contribution in [0.5, 0.6) is 0 Å². The van der Waals surface area contributed by atoms with Crippen LogP contribution in [0.3, 0.4) is 0 Å². The molecule has 2 rings (SSSR count). The van der Waals surface area contributed by atoms with Crippen molar-refractivity contribution >= 4 is 0 Å². The van der Waals surface area contributed by atoms with Crippen LogP contribution in [-0.4, -0.2) is 55.1 Å². The van der Waals surface area contributed by atoms with Crippen molar-refractivity contribution in [3.63, 3.8) is 0 Å². The second kappa shape index (κ2) is 10.3. The Morgan fingerprint density at radius 1 is 0.909 bits per heavy atom. The fourth-order valence-corrected chi connectivity index (χ4v) is 3.05. The predicted octanol–water partition coefficient (Wildman–Crippen LogP) is 2.01. The van der Waals surface area contributed by atoms with E-state index in [4.69, 9.17) is 24.4 Å². The minimum atomic E-state index is -0.205. The maximum absolute atomic E-state index is 8.80. The van der Waals surface area contributed by atoms with Gasteiger partial charge in [0.2, 0.25) is 0 Å². The molecule has 1 saturated heterocycles. The van der Waals surface area contributed by atoms with Gasteiger partial charge in [0.15, 0.2) is 6.29 Å². The quantitative estimate of drug-likeness (QED) is 0.309. The van der Waals surface area contributed by atoms with Crippen molar-refractivity contribution in [1.29, 1.82) is 0 Å². The summed E-state index contributed by atoms with van der Waals surface area (Å²) in [5, 5.41) is 17.6. The molecule has 3 atom stereocenters. The molecule has 5 heteroatoms. The summed E-state index contributed by atoms with van der Waals surface area (Å²) in [6, 6.07) is 0. The fourth-order valence-electron chi connectivity index (χ4n) is 3.05. The number of aliphatic hydroxyl groups is 2. The first kappa shape index (κ1) is 17.9. The molecule has 22 heavy (non-hydrogen) atoms. The molecule has 0 spiro atoms. The highest BCUT2D eigenvalue weighted by Crippen LogP contribution is 2.37. The molecule has 2 heterocycles. The van der Waals surface area contributed by atoms with Gasteiger partial charge in [0.25, 0.3) is 0 Å². The van der Waals surface area contributed by atoms with Crippen molar-refractivity contribution in [3.8, 4) is 0 Å². The van der Waals surface area contributed by atoms with E-state index in [0.717, 1.165) is 44.9 Å². The third-order valence-electron chi connectivity index (χ3n) is 4.29. The van der Waals surface area contributed by atoms with Gasteiger partial charge >= 0.3 is 0 Å². The van der Waals surface area contributed by atoms with Gasteiger partial charge in [0.05, 0.1) is 12.2 Å². The normalized spacial score (nSPS) is 26.4. The fraction of sp³-hybridized carbons (Fsp3) is 0.882. The molecular weight excluding hydrogens is 284 g/mol. The molecule has 128 valence electrons. The third kappa shape index (κ3) is 5.63. The first-order valence-corrected chi connectivity index (χ1v) is 8.64. The molecule has 2 aliphatic rings. The summed E-state index contributed by atoms with van der Waals surface area (Å²) in [6.07, 6.45) is 10.9. The summed E-state index contributed by atoms with van der Waals surface area (Å²) in [6.45, 7) is 1.82. The van der Waals surface area contributed by atoms with Crippen molar-refractivity contribution in [2.45, 2.75) is 63.4 Å². The smallest absolute Gasteiger partial charge is 0.163 e. The van der Waals surface area contributed by atoms with E-state index in [9.17, 15) is 0 Å². The van der Waals surface area contributed by atoms with Crippen LogP contribution in [0.1, 0.15) is 44.9 Å². The largest absolute Gasteiger partial charge is 0.396 e. The first-order chi connectivity index (χ1) is 10.8. The summed E-state index contributed by atoms with van der Waals surface area (Å²) < 4.78 is 17.7. The monoisotopic (exact) mass is 314 g/mol. The lowest BCUT2D eigenvalue weighted by Gasteiger charge is -2.27. The van der Waals surface area contributed by atoms with Crippen LogP contribution in [-0.2, 0) is 14.2 Å². The average Bonchev–Trinajstić information content (AvgIpc) is 3.15. The zero-order valence-corrected chi connectivity index (χ0v) is 13.4. The van der Waals surface area contributed by atoms with E-state index in [-0.39, 0.29) is 37.6 Å². The van der Waals surface area contributed by atoms with Gasteiger partial charge in [-0.05, 0) is 44.9 Å². The topological polar surface area (TPSA) is 68.2 Å². The Morgan fingerprint density at radius 3 is 2.00 bits per heavy atom. The lowest BCUT2D eigenvalue weighted by molar-refractivity contribution is -0.178. The van der Waals surface area contributed by atoms with Crippen LogP contribution in [0.4, 0.5) is 0 Å². The highest BCUT2D eigenvalue weighted by Gasteiger charge is 2.42. The van der Waals surface area contributed by atoms with Gasteiger partial charge in [-0.1, -0.05) is 12.2 Å². The summed E-state index contributed by atoms with van der Waals surface area (Å²) in [7, 11) is 0. The number of unbranched alkanes of at least 4 members (excludes halogenated alkanes) is 4. The van der Waals surface area contributed by atoms with E-state index in [2.05, 4.69) is 12.2 Å².